The summed E-state index contributed by atoms with van der Waals surface area (Å²) in [5.41, 5.74) is 0.591. The SMILES string of the molecule is CCc1cc(C(=O)N(CC(=O)NC)CC2CCC(C(F)(F)F)CC2)cn(C)c1=O. The maximum atomic E-state index is 13.1. The van der Waals surface area contributed by atoms with E-state index in [1.54, 1.807) is 7.05 Å². The number of pyridine rings is 1. The molecule has 0 aromatic carbocycles. The van der Waals surface area contributed by atoms with Gasteiger partial charge in [-0.05, 0) is 44.1 Å². The van der Waals surface area contributed by atoms with Crippen molar-refractivity contribution in [2.24, 2.45) is 18.9 Å². The molecule has 2 amide bonds. The van der Waals surface area contributed by atoms with Crippen molar-refractivity contribution in [2.45, 2.75) is 45.2 Å². The lowest BCUT2D eigenvalue weighted by atomic mass is 9.81. The average molecular weight is 415 g/mol. The van der Waals surface area contributed by atoms with Crippen LogP contribution in [0.3, 0.4) is 0 Å². The summed E-state index contributed by atoms with van der Waals surface area (Å²) in [7, 11) is 3.01. The van der Waals surface area contributed by atoms with Gasteiger partial charge in [-0.1, -0.05) is 6.92 Å². The van der Waals surface area contributed by atoms with Crippen LogP contribution in [-0.2, 0) is 18.3 Å². The van der Waals surface area contributed by atoms with Crippen LogP contribution in [0.4, 0.5) is 13.2 Å². The van der Waals surface area contributed by atoms with Crippen LogP contribution >= 0.6 is 0 Å². The van der Waals surface area contributed by atoms with Crippen LogP contribution in [-0.4, -0.2) is 47.6 Å². The first kappa shape index (κ1) is 23.0. The minimum Gasteiger partial charge on any atom is -0.358 e. The number of nitrogens with one attached hydrogen (secondary N) is 1. The van der Waals surface area contributed by atoms with Crippen LogP contribution in [0.15, 0.2) is 17.1 Å². The van der Waals surface area contributed by atoms with Gasteiger partial charge in [0.25, 0.3) is 11.5 Å². The molecule has 1 saturated carbocycles. The van der Waals surface area contributed by atoms with Crippen molar-refractivity contribution >= 4 is 11.8 Å². The minimum atomic E-state index is -4.19. The van der Waals surface area contributed by atoms with Crippen molar-refractivity contribution in [1.82, 2.24) is 14.8 Å². The highest BCUT2D eigenvalue weighted by Gasteiger charge is 2.41. The third-order valence-electron chi connectivity index (χ3n) is 5.57. The number of nitrogens with zero attached hydrogens (tertiary/aromatic N) is 2. The largest absolute Gasteiger partial charge is 0.391 e. The Bertz CT molecular complexity index is 796. The molecule has 6 nitrogen and oxygen atoms in total. The van der Waals surface area contributed by atoms with E-state index >= 15 is 0 Å². The maximum absolute atomic E-state index is 13.1. The number of carbonyl (C=O) groups excluding carboxylic acids is 2. The molecule has 0 unspecified atom stereocenters. The summed E-state index contributed by atoms with van der Waals surface area (Å²) in [6, 6.07) is 1.53. The topological polar surface area (TPSA) is 71.4 Å². The van der Waals surface area contributed by atoms with Crippen molar-refractivity contribution in [3.8, 4) is 0 Å². The smallest absolute Gasteiger partial charge is 0.358 e. The number of halogens is 3. The molecule has 1 aliphatic carbocycles. The monoisotopic (exact) mass is 415 g/mol. The summed E-state index contributed by atoms with van der Waals surface area (Å²) in [5, 5.41) is 2.47. The lowest BCUT2D eigenvalue weighted by molar-refractivity contribution is -0.184. The van der Waals surface area contributed by atoms with Crippen molar-refractivity contribution < 1.29 is 22.8 Å². The second-order valence-corrected chi connectivity index (χ2v) is 7.64. The van der Waals surface area contributed by atoms with E-state index in [1.165, 1.54) is 28.8 Å². The summed E-state index contributed by atoms with van der Waals surface area (Å²) < 4.78 is 40.0. The number of aromatic nitrogens is 1. The van der Waals surface area contributed by atoms with E-state index in [0.717, 1.165) is 0 Å². The molecule has 162 valence electrons. The number of alkyl halides is 3. The molecule has 1 aromatic heterocycles. The van der Waals surface area contributed by atoms with E-state index < -0.39 is 18.0 Å². The highest BCUT2D eigenvalue weighted by Crippen LogP contribution is 2.39. The van der Waals surface area contributed by atoms with Gasteiger partial charge in [-0.2, -0.15) is 13.2 Å². The number of hydrogen-bond donors (Lipinski definition) is 1. The van der Waals surface area contributed by atoms with Crippen LogP contribution in [0.25, 0.3) is 0 Å². The average Bonchev–Trinajstić information content (AvgIpc) is 2.68. The normalized spacial score (nSPS) is 19.7. The third kappa shape index (κ3) is 5.83. The Labute approximate surface area is 168 Å². The second kappa shape index (κ2) is 9.45. The zero-order valence-electron chi connectivity index (χ0n) is 17.0. The van der Waals surface area contributed by atoms with Gasteiger partial charge in [0.1, 0.15) is 0 Å². The quantitative estimate of drug-likeness (QED) is 0.776. The second-order valence-electron chi connectivity index (χ2n) is 7.64. The number of aryl methyl sites for hydroxylation is 2. The molecule has 0 bridgehead atoms. The molecule has 9 heteroatoms. The Morgan fingerprint density at radius 1 is 1.24 bits per heavy atom. The fourth-order valence-electron chi connectivity index (χ4n) is 3.79. The van der Waals surface area contributed by atoms with E-state index in [9.17, 15) is 27.6 Å². The van der Waals surface area contributed by atoms with Gasteiger partial charge in [0.15, 0.2) is 0 Å². The zero-order chi connectivity index (χ0) is 21.8. The molecular weight excluding hydrogens is 387 g/mol. The van der Waals surface area contributed by atoms with Gasteiger partial charge in [-0.25, -0.2) is 0 Å². The first-order valence-corrected chi connectivity index (χ1v) is 9.82. The number of carbonyl (C=O) groups is 2. The molecule has 0 aliphatic heterocycles. The predicted octanol–water partition coefficient (Wildman–Crippen LogP) is 2.50. The van der Waals surface area contributed by atoms with Crippen LogP contribution in [0.1, 0.15) is 48.5 Å². The molecular formula is C20H28F3N3O3. The third-order valence-corrected chi connectivity index (χ3v) is 5.57. The molecule has 1 fully saturated rings. The molecule has 0 atom stereocenters. The van der Waals surface area contributed by atoms with E-state index in [4.69, 9.17) is 0 Å². The van der Waals surface area contributed by atoms with E-state index in [-0.39, 0.29) is 48.9 Å². The molecule has 1 aromatic rings. The molecule has 1 heterocycles. The fourth-order valence-corrected chi connectivity index (χ4v) is 3.79. The number of rotatable bonds is 6. The number of hydrogen-bond acceptors (Lipinski definition) is 3. The Balaban J connectivity index is 2.18. The number of amides is 2. The van der Waals surface area contributed by atoms with Gasteiger partial charge in [-0.3, -0.25) is 14.4 Å². The zero-order valence-corrected chi connectivity index (χ0v) is 17.0. The van der Waals surface area contributed by atoms with Gasteiger partial charge in [0.2, 0.25) is 5.91 Å². The van der Waals surface area contributed by atoms with Crippen molar-refractivity contribution in [1.29, 1.82) is 0 Å². The molecule has 0 saturated heterocycles. The van der Waals surface area contributed by atoms with E-state index in [0.29, 0.717) is 24.8 Å². The van der Waals surface area contributed by atoms with Crippen LogP contribution < -0.4 is 10.9 Å². The fraction of sp³-hybridized carbons (Fsp3) is 0.650. The lowest BCUT2D eigenvalue weighted by Crippen LogP contribution is -2.43. The summed E-state index contributed by atoms with van der Waals surface area (Å²) in [4.78, 5) is 38.4. The Kier molecular flexibility index (Phi) is 7.48. The first-order chi connectivity index (χ1) is 13.6. The Morgan fingerprint density at radius 3 is 2.38 bits per heavy atom. The molecule has 1 N–H and O–H groups in total. The van der Waals surface area contributed by atoms with Crippen molar-refractivity contribution in [2.75, 3.05) is 20.1 Å². The van der Waals surface area contributed by atoms with Crippen molar-refractivity contribution in [3.05, 3.63) is 33.7 Å². The molecule has 0 spiro atoms. The van der Waals surface area contributed by atoms with Gasteiger partial charge in [-0.15, -0.1) is 0 Å². The van der Waals surface area contributed by atoms with Gasteiger partial charge in [0.05, 0.1) is 18.0 Å². The van der Waals surface area contributed by atoms with Crippen LogP contribution in [0.5, 0.6) is 0 Å². The number of likely N-dealkylation sites (N-methyl/N-ethyl adjacent to an activating group) is 1. The highest BCUT2D eigenvalue weighted by atomic mass is 19.4. The van der Waals surface area contributed by atoms with Gasteiger partial charge < -0.3 is 14.8 Å². The molecule has 29 heavy (non-hydrogen) atoms. The summed E-state index contributed by atoms with van der Waals surface area (Å²) in [6.07, 6.45) is -1.50. The standard InChI is InChI=1S/C20H28F3N3O3/c1-4-14-9-15(11-25(3)18(14)28)19(29)26(12-17(27)24-2)10-13-5-7-16(8-6-13)20(21,22)23/h9,11,13,16H,4-8,10,12H2,1-3H3,(H,24,27). The molecule has 0 radical (unpaired) electrons. The Hall–Kier alpha value is -2.32. The summed E-state index contributed by atoms with van der Waals surface area (Å²) >= 11 is 0. The van der Waals surface area contributed by atoms with Crippen LogP contribution in [0, 0.1) is 11.8 Å². The maximum Gasteiger partial charge on any atom is 0.391 e. The minimum absolute atomic E-state index is 0.0377. The highest BCUT2D eigenvalue weighted by molar-refractivity contribution is 5.96. The summed E-state index contributed by atoms with van der Waals surface area (Å²) in [6.45, 7) is 1.84. The Morgan fingerprint density at radius 2 is 1.86 bits per heavy atom. The van der Waals surface area contributed by atoms with E-state index in [1.807, 2.05) is 6.92 Å². The van der Waals surface area contributed by atoms with Crippen molar-refractivity contribution in [3.63, 3.8) is 0 Å². The van der Waals surface area contributed by atoms with Gasteiger partial charge in [0, 0.05) is 32.4 Å². The predicted molar refractivity (Wildman–Crippen MR) is 103 cm³/mol. The van der Waals surface area contributed by atoms with Crippen LogP contribution in [0.2, 0.25) is 0 Å². The van der Waals surface area contributed by atoms with Gasteiger partial charge >= 0.3 is 6.18 Å². The lowest BCUT2D eigenvalue weighted by Gasteiger charge is -2.33. The first-order valence-electron chi connectivity index (χ1n) is 9.82. The molecule has 1 aliphatic rings. The molecule has 2 rings (SSSR count). The van der Waals surface area contributed by atoms with E-state index in [2.05, 4.69) is 5.32 Å². The summed E-state index contributed by atoms with van der Waals surface area (Å²) in [5.74, 6) is -2.15.